The average molecular weight is 308 g/mol. The molecule has 2 N–H and O–H groups in total. The lowest BCUT2D eigenvalue weighted by Gasteiger charge is -2.45. The molecule has 0 aromatic heterocycles. The fraction of sp³-hybridized carbons (Fsp3) is 0.667. The Kier molecular flexibility index (Phi) is 4.88. The van der Waals surface area contributed by atoms with Gasteiger partial charge in [-0.3, -0.25) is 0 Å². The first kappa shape index (κ1) is 15.3. The Hall–Kier alpha value is -0.570. The van der Waals surface area contributed by atoms with Crippen LogP contribution in [0.5, 0.6) is 0 Å². The van der Waals surface area contributed by atoms with Crippen LogP contribution in [0.2, 0.25) is 5.02 Å². The molecule has 1 heterocycles. The van der Waals surface area contributed by atoms with E-state index in [4.69, 9.17) is 22.1 Å². The second kappa shape index (κ2) is 6.68. The Morgan fingerprint density at radius 3 is 2.62 bits per heavy atom. The Balaban J connectivity index is 1.61. The van der Waals surface area contributed by atoms with Gasteiger partial charge in [0.2, 0.25) is 0 Å². The monoisotopic (exact) mass is 307 g/mol. The van der Waals surface area contributed by atoms with Crippen LogP contribution < -0.4 is 5.73 Å². The summed E-state index contributed by atoms with van der Waals surface area (Å²) in [5, 5.41) is 0.791. The SMILES string of the molecule is NC(Cc1ccc(Cl)cc1)C1CCOC2(CCCCC2)C1. The summed E-state index contributed by atoms with van der Waals surface area (Å²) >= 11 is 5.95. The highest BCUT2D eigenvalue weighted by atomic mass is 35.5. The summed E-state index contributed by atoms with van der Waals surface area (Å²) < 4.78 is 6.18. The van der Waals surface area contributed by atoms with Crippen molar-refractivity contribution in [3.63, 3.8) is 0 Å². The van der Waals surface area contributed by atoms with Gasteiger partial charge in [-0.2, -0.15) is 0 Å². The van der Waals surface area contributed by atoms with E-state index in [1.165, 1.54) is 37.7 Å². The van der Waals surface area contributed by atoms with Crippen molar-refractivity contribution in [2.45, 2.75) is 63.0 Å². The van der Waals surface area contributed by atoms with Crippen LogP contribution in [0.15, 0.2) is 24.3 Å². The summed E-state index contributed by atoms with van der Waals surface area (Å²) in [6.45, 7) is 0.888. The van der Waals surface area contributed by atoms with E-state index in [1.54, 1.807) is 0 Å². The zero-order valence-electron chi connectivity index (χ0n) is 12.7. The number of benzene rings is 1. The van der Waals surface area contributed by atoms with Gasteiger partial charge in [-0.05, 0) is 55.7 Å². The first-order valence-electron chi connectivity index (χ1n) is 8.31. The third-order valence-corrected chi connectivity index (χ3v) is 5.54. The number of nitrogens with two attached hydrogens (primary N) is 1. The highest BCUT2D eigenvalue weighted by molar-refractivity contribution is 6.30. The summed E-state index contributed by atoms with van der Waals surface area (Å²) in [6, 6.07) is 8.33. The number of rotatable bonds is 3. The van der Waals surface area contributed by atoms with Crippen LogP contribution in [0.1, 0.15) is 50.5 Å². The molecule has 2 atom stereocenters. The van der Waals surface area contributed by atoms with E-state index < -0.39 is 0 Å². The normalized spacial score (nSPS) is 26.7. The second-order valence-electron chi connectivity index (χ2n) is 6.84. The van der Waals surface area contributed by atoms with Gasteiger partial charge >= 0.3 is 0 Å². The Labute approximate surface area is 133 Å². The highest BCUT2D eigenvalue weighted by Gasteiger charge is 2.39. The zero-order valence-corrected chi connectivity index (χ0v) is 13.4. The van der Waals surface area contributed by atoms with E-state index in [0.29, 0.717) is 5.92 Å². The molecule has 1 aliphatic heterocycles. The molecule has 2 nitrogen and oxygen atoms in total. The van der Waals surface area contributed by atoms with E-state index in [9.17, 15) is 0 Å². The van der Waals surface area contributed by atoms with E-state index in [-0.39, 0.29) is 11.6 Å². The lowest BCUT2D eigenvalue weighted by Crippen LogP contribution is -2.46. The lowest BCUT2D eigenvalue weighted by atomic mass is 9.73. The van der Waals surface area contributed by atoms with Crippen LogP contribution in [-0.4, -0.2) is 18.2 Å². The Bertz CT molecular complexity index is 447. The topological polar surface area (TPSA) is 35.2 Å². The summed E-state index contributed by atoms with van der Waals surface area (Å²) in [6.07, 6.45) is 9.68. The van der Waals surface area contributed by atoms with Gasteiger partial charge in [0, 0.05) is 17.7 Å². The van der Waals surface area contributed by atoms with E-state index in [0.717, 1.165) is 30.9 Å². The molecule has 3 rings (SSSR count). The van der Waals surface area contributed by atoms with Crippen LogP contribution in [0.3, 0.4) is 0 Å². The van der Waals surface area contributed by atoms with Crippen molar-refractivity contribution in [2.75, 3.05) is 6.61 Å². The molecule has 0 radical (unpaired) electrons. The van der Waals surface area contributed by atoms with Gasteiger partial charge in [0.25, 0.3) is 0 Å². The molecule has 1 aromatic carbocycles. The van der Waals surface area contributed by atoms with Crippen LogP contribution in [0, 0.1) is 5.92 Å². The molecular weight excluding hydrogens is 282 g/mol. The third-order valence-electron chi connectivity index (χ3n) is 5.29. The maximum Gasteiger partial charge on any atom is 0.0685 e. The summed E-state index contributed by atoms with van der Waals surface area (Å²) in [4.78, 5) is 0. The minimum atomic E-state index is 0.152. The number of hydrogen-bond donors (Lipinski definition) is 1. The fourth-order valence-corrected chi connectivity index (χ4v) is 4.16. The second-order valence-corrected chi connectivity index (χ2v) is 7.28. The molecule has 1 saturated carbocycles. The number of hydrogen-bond acceptors (Lipinski definition) is 2. The van der Waals surface area contributed by atoms with Crippen molar-refractivity contribution in [2.24, 2.45) is 11.7 Å². The molecule has 1 aromatic rings. The molecule has 21 heavy (non-hydrogen) atoms. The molecule has 2 fully saturated rings. The van der Waals surface area contributed by atoms with E-state index in [2.05, 4.69) is 12.1 Å². The van der Waals surface area contributed by atoms with Gasteiger partial charge in [0.15, 0.2) is 0 Å². The van der Waals surface area contributed by atoms with Gasteiger partial charge in [-0.15, -0.1) is 0 Å². The summed E-state index contributed by atoms with van der Waals surface area (Å²) in [5.74, 6) is 0.590. The Morgan fingerprint density at radius 2 is 1.90 bits per heavy atom. The maximum absolute atomic E-state index is 6.52. The van der Waals surface area contributed by atoms with E-state index in [1.807, 2.05) is 12.1 Å². The van der Waals surface area contributed by atoms with Gasteiger partial charge in [-0.25, -0.2) is 0 Å². The predicted molar refractivity (Wildman–Crippen MR) is 87.6 cm³/mol. The molecule has 1 spiro atoms. The maximum atomic E-state index is 6.52. The first-order valence-corrected chi connectivity index (χ1v) is 8.69. The van der Waals surface area contributed by atoms with Gasteiger partial charge in [0.1, 0.15) is 0 Å². The summed E-state index contributed by atoms with van der Waals surface area (Å²) in [7, 11) is 0. The third kappa shape index (κ3) is 3.80. The average Bonchev–Trinajstić information content (AvgIpc) is 2.50. The molecule has 1 aliphatic carbocycles. The standard InChI is InChI=1S/C18H26ClNO/c19-16-6-4-14(5-7-16)12-17(20)15-8-11-21-18(13-15)9-2-1-3-10-18/h4-7,15,17H,1-3,8-13,20H2. The van der Waals surface area contributed by atoms with E-state index >= 15 is 0 Å². The smallest absolute Gasteiger partial charge is 0.0685 e. The minimum Gasteiger partial charge on any atom is -0.375 e. The molecule has 2 aliphatic rings. The van der Waals surface area contributed by atoms with Crippen molar-refractivity contribution in [3.8, 4) is 0 Å². The van der Waals surface area contributed by atoms with Gasteiger partial charge < -0.3 is 10.5 Å². The molecule has 1 saturated heterocycles. The van der Waals surface area contributed by atoms with Gasteiger partial charge in [-0.1, -0.05) is 43.0 Å². The largest absolute Gasteiger partial charge is 0.375 e. The zero-order chi connectivity index (χ0) is 14.7. The molecule has 0 amide bonds. The predicted octanol–water partition coefficient (Wildman–Crippen LogP) is 4.34. The van der Waals surface area contributed by atoms with Crippen LogP contribution in [0.25, 0.3) is 0 Å². The minimum absolute atomic E-state index is 0.152. The molecule has 116 valence electrons. The van der Waals surface area contributed by atoms with Crippen LogP contribution in [0.4, 0.5) is 0 Å². The number of halogens is 1. The van der Waals surface area contributed by atoms with Crippen LogP contribution in [-0.2, 0) is 11.2 Å². The van der Waals surface area contributed by atoms with Crippen molar-refractivity contribution in [1.82, 2.24) is 0 Å². The Morgan fingerprint density at radius 1 is 1.19 bits per heavy atom. The van der Waals surface area contributed by atoms with Crippen molar-refractivity contribution in [3.05, 3.63) is 34.9 Å². The first-order chi connectivity index (χ1) is 10.2. The number of ether oxygens (including phenoxy) is 1. The molecule has 0 bridgehead atoms. The lowest BCUT2D eigenvalue weighted by molar-refractivity contribution is -0.120. The molecule has 3 heteroatoms. The summed E-state index contributed by atoms with van der Waals surface area (Å²) in [5.41, 5.74) is 7.96. The van der Waals surface area contributed by atoms with Crippen molar-refractivity contribution >= 4 is 11.6 Å². The van der Waals surface area contributed by atoms with Crippen molar-refractivity contribution in [1.29, 1.82) is 0 Å². The van der Waals surface area contributed by atoms with Gasteiger partial charge in [0.05, 0.1) is 5.60 Å². The molecule has 2 unspecified atom stereocenters. The van der Waals surface area contributed by atoms with Crippen LogP contribution >= 0.6 is 11.6 Å². The highest BCUT2D eigenvalue weighted by Crippen LogP contribution is 2.41. The molecular formula is C18H26ClNO. The quantitative estimate of drug-likeness (QED) is 0.901. The fourth-order valence-electron chi connectivity index (χ4n) is 4.03. The van der Waals surface area contributed by atoms with Crippen molar-refractivity contribution < 1.29 is 4.74 Å².